The van der Waals surface area contributed by atoms with Gasteiger partial charge in [-0.3, -0.25) is 11.3 Å². The van der Waals surface area contributed by atoms with Crippen molar-refractivity contribution in [1.82, 2.24) is 5.43 Å². The van der Waals surface area contributed by atoms with Crippen LogP contribution in [0, 0.1) is 11.8 Å². The largest absolute Gasteiger partial charge is 0.271 e. The molecule has 1 aromatic carbocycles. The lowest BCUT2D eigenvalue weighted by atomic mass is 9.77. The molecule has 0 bridgehead atoms. The van der Waals surface area contributed by atoms with E-state index in [9.17, 15) is 0 Å². The number of rotatable bonds is 3. The third-order valence-corrected chi connectivity index (χ3v) is 3.80. The molecule has 0 heterocycles. The smallest absolute Gasteiger partial charge is 0.0265 e. The van der Waals surface area contributed by atoms with Gasteiger partial charge in [-0.05, 0) is 42.2 Å². The van der Waals surface area contributed by atoms with Gasteiger partial charge < -0.3 is 0 Å². The van der Waals surface area contributed by atoms with E-state index in [1.54, 1.807) is 0 Å². The summed E-state index contributed by atoms with van der Waals surface area (Å²) < 4.78 is 0. The van der Waals surface area contributed by atoms with Gasteiger partial charge in [0.1, 0.15) is 0 Å². The average Bonchev–Trinajstić information content (AvgIpc) is 2.29. The molecule has 0 aromatic heterocycles. The molecule has 3 N–H and O–H groups in total. The maximum absolute atomic E-state index is 5.67. The summed E-state index contributed by atoms with van der Waals surface area (Å²) >= 11 is 0. The summed E-state index contributed by atoms with van der Waals surface area (Å²) in [5, 5.41) is 0. The molecule has 2 unspecified atom stereocenters. The van der Waals surface area contributed by atoms with Gasteiger partial charge in [0.15, 0.2) is 0 Å². The van der Waals surface area contributed by atoms with Crippen molar-refractivity contribution < 1.29 is 0 Å². The Balaban J connectivity index is 2.12. The van der Waals surface area contributed by atoms with Crippen molar-refractivity contribution in [2.45, 2.75) is 39.2 Å². The zero-order valence-corrected chi connectivity index (χ0v) is 10.2. The Morgan fingerprint density at radius 1 is 1.25 bits per heavy atom. The van der Waals surface area contributed by atoms with Crippen LogP contribution in [0.4, 0.5) is 0 Å². The summed E-state index contributed by atoms with van der Waals surface area (Å²) in [7, 11) is 0. The summed E-state index contributed by atoms with van der Waals surface area (Å²) in [6.07, 6.45) is 3.62. The highest BCUT2D eigenvalue weighted by atomic mass is 15.2. The zero-order valence-electron chi connectivity index (χ0n) is 10.2. The first-order valence-electron chi connectivity index (χ1n) is 6.25. The van der Waals surface area contributed by atoms with Crippen LogP contribution in [0.2, 0.25) is 0 Å². The molecule has 2 atom stereocenters. The van der Waals surface area contributed by atoms with Crippen LogP contribution in [-0.4, -0.2) is 6.04 Å². The number of nitrogens with one attached hydrogen (secondary N) is 1. The number of hydrogen-bond acceptors (Lipinski definition) is 2. The molecular weight excluding hydrogens is 196 g/mol. The molecule has 0 fully saturated rings. The molecule has 0 aliphatic heterocycles. The zero-order chi connectivity index (χ0) is 11.5. The molecule has 1 aromatic rings. The highest BCUT2D eigenvalue weighted by Crippen LogP contribution is 2.29. The normalized spacial score (nSPS) is 21.9. The Hall–Kier alpha value is -0.860. The molecule has 0 saturated heterocycles. The van der Waals surface area contributed by atoms with Gasteiger partial charge in [0, 0.05) is 6.04 Å². The average molecular weight is 218 g/mol. The number of hydrazine groups is 1. The first-order valence-corrected chi connectivity index (χ1v) is 6.25. The van der Waals surface area contributed by atoms with Crippen molar-refractivity contribution in [2.75, 3.05) is 0 Å². The maximum Gasteiger partial charge on any atom is 0.0265 e. The van der Waals surface area contributed by atoms with Crippen molar-refractivity contribution >= 4 is 0 Å². The van der Waals surface area contributed by atoms with E-state index in [1.165, 1.54) is 30.4 Å². The van der Waals surface area contributed by atoms with Crippen molar-refractivity contribution in [3.05, 3.63) is 35.4 Å². The summed E-state index contributed by atoms with van der Waals surface area (Å²) in [5.41, 5.74) is 6.04. The third-order valence-electron chi connectivity index (χ3n) is 3.80. The van der Waals surface area contributed by atoms with E-state index in [0.717, 1.165) is 0 Å². The summed E-state index contributed by atoms with van der Waals surface area (Å²) in [6, 6.07) is 9.23. The topological polar surface area (TPSA) is 38.0 Å². The van der Waals surface area contributed by atoms with Crippen LogP contribution in [0.15, 0.2) is 24.3 Å². The van der Waals surface area contributed by atoms with Crippen LogP contribution in [-0.2, 0) is 12.8 Å². The standard InChI is InChI=1S/C14H22N2/c1-10(2)14(16-15)13-8-7-11-5-3-4-6-12(11)9-13/h3-6,10,13-14,16H,7-9,15H2,1-2H3. The highest BCUT2D eigenvalue weighted by Gasteiger charge is 2.27. The van der Waals surface area contributed by atoms with Crippen LogP contribution in [0.3, 0.4) is 0 Å². The number of hydrogen-bond donors (Lipinski definition) is 2. The van der Waals surface area contributed by atoms with Crippen LogP contribution in [0.1, 0.15) is 31.4 Å². The molecule has 1 aliphatic carbocycles. The minimum absolute atomic E-state index is 0.438. The van der Waals surface area contributed by atoms with Crippen molar-refractivity contribution in [3.63, 3.8) is 0 Å². The lowest BCUT2D eigenvalue weighted by Gasteiger charge is -2.33. The SMILES string of the molecule is CC(C)C(NN)C1CCc2ccccc2C1. The van der Waals surface area contributed by atoms with E-state index < -0.39 is 0 Å². The predicted molar refractivity (Wildman–Crippen MR) is 67.9 cm³/mol. The molecule has 1 aliphatic rings. The molecule has 0 radical (unpaired) electrons. The fraction of sp³-hybridized carbons (Fsp3) is 0.571. The van der Waals surface area contributed by atoms with Gasteiger partial charge in [-0.25, -0.2) is 0 Å². The lowest BCUT2D eigenvalue weighted by Crippen LogP contribution is -2.46. The van der Waals surface area contributed by atoms with E-state index in [-0.39, 0.29) is 0 Å². The molecular formula is C14H22N2. The van der Waals surface area contributed by atoms with Gasteiger partial charge >= 0.3 is 0 Å². The van der Waals surface area contributed by atoms with E-state index in [1.807, 2.05) is 0 Å². The van der Waals surface area contributed by atoms with Crippen LogP contribution in [0.5, 0.6) is 0 Å². The molecule has 88 valence electrons. The molecule has 2 heteroatoms. The van der Waals surface area contributed by atoms with Crippen molar-refractivity contribution in [2.24, 2.45) is 17.7 Å². The first kappa shape index (κ1) is 11.6. The number of fused-ring (bicyclic) bond motifs is 1. The van der Waals surface area contributed by atoms with Gasteiger partial charge in [0.25, 0.3) is 0 Å². The molecule has 0 spiro atoms. The predicted octanol–water partition coefficient (Wildman–Crippen LogP) is 2.28. The second kappa shape index (κ2) is 4.98. The minimum Gasteiger partial charge on any atom is -0.271 e. The van der Waals surface area contributed by atoms with Crippen LogP contribution < -0.4 is 11.3 Å². The first-order chi connectivity index (χ1) is 7.72. The van der Waals surface area contributed by atoms with Gasteiger partial charge in [-0.15, -0.1) is 0 Å². The van der Waals surface area contributed by atoms with E-state index in [2.05, 4.69) is 43.5 Å². The summed E-state index contributed by atoms with van der Waals surface area (Å²) in [5.74, 6) is 6.95. The Labute approximate surface area is 98.2 Å². The number of benzene rings is 1. The number of aryl methyl sites for hydroxylation is 1. The van der Waals surface area contributed by atoms with Crippen LogP contribution >= 0.6 is 0 Å². The maximum atomic E-state index is 5.67. The molecule has 2 nitrogen and oxygen atoms in total. The van der Waals surface area contributed by atoms with E-state index in [0.29, 0.717) is 17.9 Å². The second-order valence-corrected chi connectivity index (χ2v) is 5.21. The van der Waals surface area contributed by atoms with Crippen LogP contribution in [0.25, 0.3) is 0 Å². The molecule has 16 heavy (non-hydrogen) atoms. The Morgan fingerprint density at radius 2 is 1.94 bits per heavy atom. The quantitative estimate of drug-likeness (QED) is 0.603. The van der Waals surface area contributed by atoms with Gasteiger partial charge in [-0.1, -0.05) is 38.1 Å². The Morgan fingerprint density at radius 3 is 2.56 bits per heavy atom. The minimum atomic E-state index is 0.438. The van der Waals surface area contributed by atoms with Gasteiger partial charge in [0.05, 0.1) is 0 Å². The van der Waals surface area contributed by atoms with E-state index >= 15 is 0 Å². The van der Waals surface area contributed by atoms with Crippen molar-refractivity contribution in [1.29, 1.82) is 0 Å². The molecule has 0 amide bonds. The van der Waals surface area contributed by atoms with Crippen molar-refractivity contribution in [3.8, 4) is 0 Å². The molecule has 2 rings (SSSR count). The van der Waals surface area contributed by atoms with Gasteiger partial charge in [-0.2, -0.15) is 0 Å². The highest BCUT2D eigenvalue weighted by molar-refractivity contribution is 5.30. The lowest BCUT2D eigenvalue weighted by molar-refractivity contribution is 0.261. The summed E-state index contributed by atoms with van der Waals surface area (Å²) in [6.45, 7) is 4.48. The fourth-order valence-electron chi connectivity index (χ4n) is 2.91. The Kier molecular flexibility index (Phi) is 3.62. The van der Waals surface area contributed by atoms with E-state index in [4.69, 9.17) is 5.84 Å². The fourth-order valence-corrected chi connectivity index (χ4v) is 2.91. The molecule has 0 saturated carbocycles. The summed E-state index contributed by atoms with van der Waals surface area (Å²) in [4.78, 5) is 0. The number of nitrogens with two attached hydrogens (primary N) is 1. The monoisotopic (exact) mass is 218 g/mol. The Bertz CT molecular complexity index is 346. The van der Waals surface area contributed by atoms with Gasteiger partial charge in [0.2, 0.25) is 0 Å². The second-order valence-electron chi connectivity index (χ2n) is 5.21. The third kappa shape index (κ3) is 2.28.